The number of piperazine rings is 1. The normalized spacial score (nSPS) is 15.6. The smallest absolute Gasteiger partial charge is 0.243 e. The van der Waals surface area contributed by atoms with E-state index < -0.39 is 10.0 Å². The molecule has 152 valence electrons. The highest BCUT2D eigenvalue weighted by molar-refractivity contribution is 7.89. The maximum absolute atomic E-state index is 13.1. The zero-order valence-corrected chi connectivity index (χ0v) is 17.7. The highest BCUT2D eigenvalue weighted by atomic mass is 35.5. The number of anilines is 1. The molecule has 4 rings (SSSR count). The molecule has 1 aromatic carbocycles. The van der Waals surface area contributed by atoms with Gasteiger partial charge in [0.15, 0.2) is 5.82 Å². The lowest BCUT2D eigenvalue weighted by molar-refractivity contribution is 0.383. The molecule has 0 unspecified atom stereocenters. The van der Waals surface area contributed by atoms with Gasteiger partial charge >= 0.3 is 0 Å². The molecule has 0 spiro atoms. The van der Waals surface area contributed by atoms with Gasteiger partial charge in [-0.25, -0.2) is 23.1 Å². The maximum atomic E-state index is 13.1. The van der Waals surface area contributed by atoms with Crippen LogP contribution in [0.4, 0.5) is 5.82 Å². The number of halogens is 1. The van der Waals surface area contributed by atoms with Crippen LogP contribution in [0, 0.1) is 13.8 Å². The molecule has 0 aliphatic carbocycles. The first-order valence-electron chi connectivity index (χ1n) is 9.20. The Morgan fingerprint density at radius 3 is 2.38 bits per heavy atom. The van der Waals surface area contributed by atoms with Gasteiger partial charge in [-0.2, -0.15) is 9.40 Å². The van der Waals surface area contributed by atoms with Crippen molar-refractivity contribution in [1.29, 1.82) is 0 Å². The van der Waals surface area contributed by atoms with Gasteiger partial charge in [0.25, 0.3) is 0 Å². The Morgan fingerprint density at radius 2 is 1.69 bits per heavy atom. The molecule has 2 aromatic heterocycles. The summed E-state index contributed by atoms with van der Waals surface area (Å²) in [6, 6.07) is 8.70. The summed E-state index contributed by atoms with van der Waals surface area (Å²) in [6.45, 7) is 5.50. The average molecular weight is 433 g/mol. The van der Waals surface area contributed by atoms with Crippen LogP contribution in [0.5, 0.6) is 0 Å². The highest BCUT2D eigenvalue weighted by Gasteiger charge is 2.30. The Morgan fingerprint density at radius 1 is 0.966 bits per heavy atom. The molecule has 8 nitrogen and oxygen atoms in total. The van der Waals surface area contributed by atoms with E-state index in [0.717, 1.165) is 11.5 Å². The average Bonchev–Trinajstić information content (AvgIpc) is 3.16. The summed E-state index contributed by atoms with van der Waals surface area (Å²) < 4.78 is 29.3. The van der Waals surface area contributed by atoms with E-state index in [9.17, 15) is 8.42 Å². The number of hydrogen-bond donors (Lipinski definition) is 0. The standard InChI is InChI=1S/C19H21ClN6O2S/c1-14-3-4-16(20)11-17(14)29(27,28)25-9-7-24(8-10-25)18-12-19(22-13-21-18)26-6-5-15(2)23-26/h3-6,11-13H,7-10H2,1-2H3. The molecule has 29 heavy (non-hydrogen) atoms. The van der Waals surface area contributed by atoms with Crippen molar-refractivity contribution >= 4 is 27.4 Å². The van der Waals surface area contributed by atoms with Crippen molar-refractivity contribution in [3.8, 4) is 5.82 Å². The van der Waals surface area contributed by atoms with Gasteiger partial charge in [-0.3, -0.25) is 0 Å². The van der Waals surface area contributed by atoms with Gasteiger partial charge in [0, 0.05) is 43.5 Å². The van der Waals surface area contributed by atoms with Crippen molar-refractivity contribution in [2.24, 2.45) is 0 Å². The fourth-order valence-corrected chi connectivity index (χ4v) is 5.24. The van der Waals surface area contributed by atoms with Gasteiger partial charge in [-0.1, -0.05) is 17.7 Å². The van der Waals surface area contributed by atoms with Crippen LogP contribution in [0.3, 0.4) is 0 Å². The Labute approximate surface area is 174 Å². The molecule has 0 radical (unpaired) electrons. The molecule has 10 heteroatoms. The predicted octanol–water partition coefficient (Wildman–Crippen LogP) is 2.44. The summed E-state index contributed by atoms with van der Waals surface area (Å²) >= 11 is 6.02. The summed E-state index contributed by atoms with van der Waals surface area (Å²) in [6.07, 6.45) is 3.35. The molecule has 3 aromatic rings. The van der Waals surface area contributed by atoms with Crippen LogP contribution in [0.1, 0.15) is 11.3 Å². The first-order valence-corrected chi connectivity index (χ1v) is 11.0. The molecule has 0 amide bonds. The van der Waals surface area contributed by atoms with Crippen molar-refractivity contribution < 1.29 is 8.42 Å². The van der Waals surface area contributed by atoms with E-state index in [1.54, 1.807) is 23.7 Å². The van der Waals surface area contributed by atoms with Crippen molar-refractivity contribution in [3.05, 3.63) is 59.1 Å². The predicted molar refractivity (Wildman–Crippen MR) is 111 cm³/mol. The molecule has 0 saturated carbocycles. The maximum Gasteiger partial charge on any atom is 0.243 e. The molecular formula is C19H21ClN6O2S. The van der Waals surface area contributed by atoms with E-state index in [-0.39, 0.29) is 4.90 Å². The largest absolute Gasteiger partial charge is 0.354 e. The molecule has 1 fully saturated rings. The number of hydrogen-bond acceptors (Lipinski definition) is 6. The monoisotopic (exact) mass is 432 g/mol. The van der Waals surface area contributed by atoms with E-state index in [2.05, 4.69) is 20.0 Å². The molecule has 3 heterocycles. The van der Waals surface area contributed by atoms with E-state index in [1.165, 1.54) is 16.7 Å². The molecule has 1 saturated heterocycles. The number of nitrogens with zero attached hydrogens (tertiary/aromatic N) is 6. The number of aromatic nitrogens is 4. The zero-order valence-electron chi connectivity index (χ0n) is 16.2. The summed E-state index contributed by atoms with van der Waals surface area (Å²) in [7, 11) is -3.59. The molecule has 0 atom stereocenters. The van der Waals surface area contributed by atoms with Gasteiger partial charge in [-0.15, -0.1) is 0 Å². The van der Waals surface area contributed by atoms with Crippen LogP contribution in [0.25, 0.3) is 5.82 Å². The third-order valence-electron chi connectivity index (χ3n) is 4.93. The first-order chi connectivity index (χ1) is 13.8. The van der Waals surface area contributed by atoms with Gasteiger partial charge < -0.3 is 4.90 Å². The van der Waals surface area contributed by atoms with E-state index in [0.29, 0.717) is 42.6 Å². The minimum Gasteiger partial charge on any atom is -0.354 e. The second-order valence-corrected chi connectivity index (χ2v) is 9.28. The van der Waals surface area contributed by atoms with E-state index in [1.807, 2.05) is 25.3 Å². The molecule has 0 N–H and O–H groups in total. The fourth-order valence-electron chi connectivity index (χ4n) is 3.33. The van der Waals surface area contributed by atoms with Crippen molar-refractivity contribution in [2.45, 2.75) is 18.7 Å². The highest BCUT2D eigenvalue weighted by Crippen LogP contribution is 2.25. The van der Waals surface area contributed by atoms with Crippen molar-refractivity contribution in [2.75, 3.05) is 31.1 Å². The third kappa shape index (κ3) is 3.98. The zero-order chi connectivity index (χ0) is 20.6. The minimum atomic E-state index is -3.59. The molecular weight excluding hydrogens is 412 g/mol. The molecule has 0 bridgehead atoms. The molecule has 1 aliphatic rings. The SMILES string of the molecule is Cc1ccn(-c2cc(N3CCN(S(=O)(=O)c4cc(Cl)ccc4C)CC3)ncn2)n1. The number of rotatable bonds is 4. The van der Waals surface area contributed by atoms with Gasteiger partial charge in [-0.05, 0) is 37.6 Å². The lowest BCUT2D eigenvalue weighted by Gasteiger charge is -2.34. The summed E-state index contributed by atoms with van der Waals surface area (Å²) in [5.74, 6) is 1.42. The third-order valence-corrected chi connectivity index (χ3v) is 7.20. The van der Waals surface area contributed by atoms with Gasteiger partial charge in [0.1, 0.15) is 12.1 Å². The lowest BCUT2D eigenvalue weighted by Crippen LogP contribution is -2.49. The van der Waals surface area contributed by atoms with Crippen LogP contribution in [0.2, 0.25) is 5.02 Å². The summed E-state index contributed by atoms with van der Waals surface area (Å²) in [5, 5.41) is 4.78. The van der Waals surface area contributed by atoms with Crippen molar-refractivity contribution in [1.82, 2.24) is 24.1 Å². The van der Waals surface area contributed by atoms with E-state index in [4.69, 9.17) is 11.6 Å². The van der Waals surface area contributed by atoms with Crippen LogP contribution in [0.15, 0.2) is 47.8 Å². The van der Waals surface area contributed by atoms with E-state index >= 15 is 0 Å². The van der Waals surface area contributed by atoms with Gasteiger partial charge in [0.05, 0.1) is 10.6 Å². The topological polar surface area (TPSA) is 84.2 Å². The molecule has 1 aliphatic heterocycles. The summed E-state index contributed by atoms with van der Waals surface area (Å²) in [5.41, 5.74) is 1.59. The lowest BCUT2D eigenvalue weighted by atomic mass is 10.2. The minimum absolute atomic E-state index is 0.261. The Kier molecular flexibility index (Phi) is 5.28. The quantitative estimate of drug-likeness (QED) is 0.629. The van der Waals surface area contributed by atoms with Crippen LogP contribution < -0.4 is 4.90 Å². The van der Waals surface area contributed by atoms with Crippen LogP contribution >= 0.6 is 11.6 Å². The number of sulfonamides is 1. The Bertz CT molecular complexity index is 1140. The number of benzene rings is 1. The fraction of sp³-hybridized carbons (Fsp3) is 0.316. The van der Waals surface area contributed by atoms with Crippen molar-refractivity contribution in [3.63, 3.8) is 0 Å². The van der Waals surface area contributed by atoms with Crippen LogP contribution in [-0.2, 0) is 10.0 Å². The van der Waals surface area contributed by atoms with Crippen LogP contribution in [-0.4, -0.2) is 58.7 Å². The number of aryl methyl sites for hydroxylation is 2. The first kappa shape index (κ1) is 19.8. The summed E-state index contributed by atoms with van der Waals surface area (Å²) in [4.78, 5) is 10.9. The van der Waals surface area contributed by atoms with Gasteiger partial charge in [0.2, 0.25) is 10.0 Å². The second kappa shape index (κ2) is 7.74. The Balaban J connectivity index is 1.50. The Hall–Kier alpha value is -2.49. The second-order valence-electron chi connectivity index (χ2n) is 6.94.